The number of primary amides is 1. The van der Waals surface area contributed by atoms with Crippen LogP contribution in [0.2, 0.25) is 0 Å². The maximum absolute atomic E-state index is 11.0. The first-order valence-corrected chi connectivity index (χ1v) is 5.23. The van der Waals surface area contributed by atoms with Gasteiger partial charge in [-0.25, -0.2) is 0 Å². The van der Waals surface area contributed by atoms with Gasteiger partial charge in [-0.3, -0.25) is 4.79 Å². The van der Waals surface area contributed by atoms with Crippen molar-refractivity contribution in [3.63, 3.8) is 0 Å². The van der Waals surface area contributed by atoms with E-state index in [4.69, 9.17) is 15.2 Å². The summed E-state index contributed by atoms with van der Waals surface area (Å²) in [7, 11) is 1.53. The summed E-state index contributed by atoms with van der Waals surface area (Å²) in [6.45, 7) is 4.01. The van der Waals surface area contributed by atoms with Gasteiger partial charge in [0.15, 0.2) is 11.5 Å². The van der Waals surface area contributed by atoms with Gasteiger partial charge in [0.25, 0.3) is 0 Å². The smallest absolute Gasteiger partial charge is 0.248 e. The van der Waals surface area contributed by atoms with E-state index in [2.05, 4.69) is 0 Å². The number of carbonyl (C=O) groups is 1. The molecular weight excluding hydrogens is 206 g/mol. The molecule has 0 aliphatic heterocycles. The fourth-order valence-corrected chi connectivity index (χ4v) is 1.22. The number of benzene rings is 1. The van der Waals surface area contributed by atoms with Crippen molar-refractivity contribution in [2.75, 3.05) is 7.11 Å². The van der Waals surface area contributed by atoms with E-state index < -0.39 is 5.91 Å². The summed E-state index contributed by atoms with van der Waals surface area (Å²) in [5.74, 6) is 0.673. The van der Waals surface area contributed by atoms with Gasteiger partial charge in [-0.1, -0.05) is 6.92 Å². The van der Waals surface area contributed by atoms with Crippen LogP contribution in [0, 0.1) is 0 Å². The van der Waals surface area contributed by atoms with Crippen molar-refractivity contribution in [2.24, 2.45) is 5.73 Å². The molecule has 1 amide bonds. The molecule has 4 heteroatoms. The van der Waals surface area contributed by atoms with Gasteiger partial charge in [0, 0.05) is 5.56 Å². The van der Waals surface area contributed by atoms with Gasteiger partial charge in [-0.2, -0.15) is 0 Å². The second-order valence-corrected chi connectivity index (χ2v) is 3.57. The van der Waals surface area contributed by atoms with Crippen LogP contribution in [-0.2, 0) is 0 Å². The molecule has 0 bridgehead atoms. The van der Waals surface area contributed by atoms with E-state index in [1.165, 1.54) is 7.11 Å². The lowest BCUT2D eigenvalue weighted by atomic mass is 10.2. The molecule has 0 saturated heterocycles. The SMILES string of the molecule is CC[C@H](C)Oc1ccc(C(N)=O)cc1OC. The number of rotatable bonds is 5. The quantitative estimate of drug-likeness (QED) is 0.830. The van der Waals surface area contributed by atoms with Crippen molar-refractivity contribution < 1.29 is 14.3 Å². The highest BCUT2D eigenvalue weighted by Gasteiger charge is 2.10. The Bertz CT molecular complexity index is 377. The molecule has 0 aliphatic rings. The monoisotopic (exact) mass is 223 g/mol. The van der Waals surface area contributed by atoms with E-state index >= 15 is 0 Å². The molecule has 0 aromatic heterocycles. The summed E-state index contributed by atoms with van der Waals surface area (Å²) < 4.78 is 10.8. The van der Waals surface area contributed by atoms with Crippen molar-refractivity contribution in [3.8, 4) is 11.5 Å². The zero-order valence-corrected chi connectivity index (χ0v) is 9.82. The van der Waals surface area contributed by atoms with Crippen LogP contribution in [0.5, 0.6) is 11.5 Å². The zero-order valence-electron chi connectivity index (χ0n) is 9.82. The normalized spacial score (nSPS) is 11.9. The summed E-state index contributed by atoms with van der Waals surface area (Å²) in [6, 6.07) is 4.91. The summed E-state index contributed by atoms with van der Waals surface area (Å²) in [4.78, 5) is 11.0. The van der Waals surface area contributed by atoms with Crippen LogP contribution in [0.1, 0.15) is 30.6 Å². The minimum absolute atomic E-state index is 0.105. The van der Waals surface area contributed by atoms with E-state index in [1.807, 2.05) is 13.8 Å². The molecule has 1 rings (SSSR count). The predicted molar refractivity (Wildman–Crippen MR) is 61.9 cm³/mol. The first-order chi connectivity index (χ1) is 7.58. The Balaban J connectivity index is 2.97. The van der Waals surface area contributed by atoms with Gasteiger partial charge in [0.05, 0.1) is 13.2 Å². The fraction of sp³-hybridized carbons (Fsp3) is 0.417. The molecule has 0 saturated carbocycles. The van der Waals surface area contributed by atoms with Gasteiger partial charge in [0.2, 0.25) is 5.91 Å². The van der Waals surface area contributed by atoms with E-state index in [-0.39, 0.29) is 6.10 Å². The number of methoxy groups -OCH3 is 1. The minimum Gasteiger partial charge on any atom is -0.493 e. The fourth-order valence-electron chi connectivity index (χ4n) is 1.22. The molecule has 0 aliphatic carbocycles. The van der Waals surface area contributed by atoms with E-state index in [1.54, 1.807) is 18.2 Å². The lowest BCUT2D eigenvalue weighted by Crippen LogP contribution is -2.13. The van der Waals surface area contributed by atoms with Crippen LogP contribution in [0.15, 0.2) is 18.2 Å². The van der Waals surface area contributed by atoms with E-state index in [0.29, 0.717) is 17.1 Å². The second kappa shape index (κ2) is 5.39. The van der Waals surface area contributed by atoms with Crippen molar-refractivity contribution >= 4 is 5.91 Å². The van der Waals surface area contributed by atoms with E-state index in [9.17, 15) is 4.79 Å². The first-order valence-electron chi connectivity index (χ1n) is 5.23. The molecule has 0 unspecified atom stereocenters. The highest BCUT2D eigenvalue weighted by Crippen LogP contribution is 2.29. The molecule has 88 valence electrons. The topological polar surface area (TPSA) is 61.5 Å². The number of amides is 1. The van der Waals surface area contributed by atoms with Crippen molar-refractivity contribution in [1.82, 2.24) is 0 Å². The number of carbonyl (C=O) groups excluding carboxylic acids is 1. The standard InChI is InChI=1S/C12H17NO3/c1-4-8(2)16-10-6-5-9(12(13)14)7-11(10)15-3/h5-8H,4H2,1-3H3,(H2,13,14)/t8-/m0/s1. The molecule has 2 N–H and O–H groups in total. The lowest BCUT2D eigenvalue weighted by molar-refractivity contribution is 0.1000. The van der Waals surface area contributed by atoms with Gasteiger partial charge in [0.1, 0.15) is 0 Å². The molecule has 0 fully saturated rings. The third-order valence-electron chi connectivity index (χ3n) is 2.35. The Kier molecular flexibility index (Phi) is 4.17. The molecule has 1 atom stereocenters. The Morgan fingerprint density at radius 1 is 1.44 bits per heavy atom. The molecule has 1 aromatic rings. The van der Waals surface area contributed by atoms with E-state index in [0.717, 1.165) is 6.42 Å². The number of nitrogens with two attached hydrogens (primary N) is 1. The summed E-state index contributed by atoms with van der Waals surface area (Å²) in [5.41, 5.74) is 5.59. The zero-order chi connectivity index (χ0) is 12.1. The summed E-state index contributed by atoms with van der Waals surface area (Å²) >= 11 is 0. The number of hydrogen-bond acceptors (Lipinski definition) is 3. The summed E-state index contributed by atoms with van der Waals surface area (Å²) in [5, 5.41) is 0. The Labute approximate surface area is 95.3 Å². The van der Waals surface area contributed by atoms with Crippen LogP contribution < -0.4 is 15.2 Å². The maximum atomic E-state index is 11.0. The minimum atomic E-state index is -0.478. The van der Waals surface area contributed by atoms with Crippen LogP contribution in [0.3, 0.4) is 0 Å². The third kappa shape index (κ3) is 2.89. The van der Waals surface area contributed by atoms with Crippen LogP contribution in [-0.4, -0.2) is 19.1 Å². The molecular formula is C12H17NO3. The Morgan fingerprint density at radius 2 is 2.12 bits per heavy atom. The molecule has 4 nitrogen and oxygen atoms in total. The molecule has 0 spiro atoms. The third-order valence-corrected chi connectivity index (χ3v) is 2.35. The molecule has 0 radical (unpaired) electrons. The predicted octanol–water partition coefficient (Wildman–Crippen LogP) is 1.97. The number of hydrogen-bond donors (Lipinski definition) is 1. The highest BCUT2D eigenvalue weighted by atomic mass is 16.5. The van der Waals surface area contributed by atoms with Crippen LogP contribution in [0.4, 0.5) is 0 Å². The van der Waals surface area contributed by atoms with Crippen molar-refractivity contribution in [3.05, 3.63) is 23.8 Å². The molecule has 1 aromatic carbocycles. The van der Waals surface area contributed by atoms with Gasteiger partial charge in [-0.05, 0) is 31.5 Å². The average molecular weight is 223 g/mol. The highest BCUT2D eigenvalue weighted by molar-refractivity contribution is 5.93. The Morgan fingerprint density at radius 3 is 2.62 bits per heavy atom. The first kappa shape index (κ1) is 12.4. The average Bonchev–Trinajstić information content (AvgIpc) is 2.29. The molecule has 16 heavy (non-hydrogen) atoms. The molecule has 0 heterocycles. The lowest BCUT2D eigenvalue weighted by Gasteiger charge is -2.15. The number of ether oxygens (including phenoxy) is 2. The van der Waals surface area contributed by atoms with Gasteiger partial charge < -0.3 is 15.2 Å². The summed E-state index contributed by atoms with van der Waals surface area (Å²) in [6.07, 6.45) is 1.01. The maximum Gasteiger partial charge on any atom is 0.248 e. The second-order valence-electron chi connectivity index (χ2n) is 3.57. The van der Waals surface area contributed by atoms with Crippen LogP contribution >= 0.6 is 0 Å². The van der Waals surface area contributed by atoms with Gasteiger partial charge in [-0.15, -0.1) is 0 Å². The van der Waals surface area contributed by atoms with Crippen molar-refractivity contribution in [2.45, 2.75) is 26.4 Å². The Hall–Kier alpha value is -1.71. The van der Waals surface area contributed by atoms with Crippen molar-refractivity contribution in [1.29, 1.82) is 0 Å². The largest absolute Gasteiger partial charge is 0.493 e. The van der Waals surface area contributed by atoms with Gasteiger partial charge >= 0.3 is 0 Å². The van der Waals surface area contributed by atoms with Crippen LogP contribution in [0.25, 0.3) is 0 Å².